The molecule has 29 heavy (non-hydrogen) atoms. The van der Waals surface area contributed by atoms with Crippen LogP contribution in [0.3, 0.4) is 0 Å². The monoisotopic (exact) mass is 393 g/mol. The van der Waals surface area contributed by atoms with Crippen LogP contribution in [0.1, 0.15) is 56.2 Å². The maximum absolute atomic E-state index is 12.3. The van der Waals surface area contributed by atoms with Crippen LogP contribution in [0.5, 0.6) is 5.75 Å². The lowest BCUT2D eigenvalue weighted by atomic mass is 10.0. The molecule has 152 valence electrons. The fraction of sp³-hybridized carbons (Fsp3) is 0.348. The Morgan fingerprint density at radius 3 is 2.31 bits per heavy atom. The Morgan fingerprint density at radius 2 is 1.69 bits per heavy atom. The summed E-state index contributed by atoms with van der Waals surface area (Å²) in [6, 6.07) is 15.7. The molecule has 0 saturated carbocycles. The molecular weight excluding hydrogens is 366 g/mol. The second-order valence-electron chi connectivity index (χ2n) is 7.35. The van der Waals surface area contributed by atoms with Crippen molar-refractivity contribution in [3.63, 3.8) is 0 Å². The van der Waals surface area contributed by atoms with Gasteiger partial charge >= 0.3 is 0 Å². The van der Waals surface area contributed by atoms with Gasteiger partial charge in [0, 0.05) is 18.4 Å². The number of aryl methyl sites for hydroxylation is 1. The molecule has 1 heterocycles. The molecule has 0 aliphatic rings. The molecule has 1 amide bonds. The number of nitrogens with one attached hydrogen (secondary N) is 1. The first-order chi connectivity index (χ1) is 14.0. The Labute approximate surface area is 171 Å². The van der Waals surface area contributed by atoms with Gasteiger partial charge in [-0.1, -0.05) is 55.4 Å². The van der Waals surface area contributed by atoms with Crippen molar-refractivity contribution < 1.29 is 14.1 Å². The molecule has 0 aliphatic heterocycles. The Kier molecular flexibility index (Phi) is 6.65. The second kappa shape index (κ2) is 9.37. The third-order valence-corrected chi connectivity index (χ3v) is 4.86. The van der Waals surface area contributed by atoms with E-state index in [1.807, 2.05) is 43.3 Å². The summed E-state index contributed by atoms with van der Waals surface area (Å²) in [5, 5.41) is 7.02. The first-order valence-electron chi connectivity index (χ1n) is 9.82. The molecule has 6 heteroatoms. The maximum atomic E-state index is 12.3. The number of amides is 1. The van der Waals surface area contributed by atoms with Crippen LogP contribution in [0.2, 0.25) is 0 Å². The molecule has 3 rings (SSSR count). The van der Waals surface area contributed by atoms with Crippen LogP contribution >= 0.6 is 0 Å². The molecule has 0 unspecified atom stereocenters. The number of benzene rings is 2. The molecule has 0 bridgehead atoms. The first-order valence-corrected chi connectivity index (χ1v) is 9.82. The van der Waals surface area contributed by atoms with Gasteiger partial charge in [0.2, 0.25) is 17.6 Å². The molecule has 0 radical (unpaired) electrons. The van der Waals surface area contributed by atoms with E-state index in [0.717, 1.165) is 16.9 Å². The van der Waals surface area contributed by atoms with E-state index in [4.69, 9.17) is 9.26 Å². The van der Waals surface area contributed by atoms with Crippen molar-refractivity contribution in [1.29, 1.82) is 0 Å². The van der Waals surface area contributed by atoms with E-state index >= 15 is 0 Å². The average molecular weight is 393 g/mol. The molecule has 0 fully saturated rings. The minimum absolute atomic E-state index is 0.0608. The molecule has 0 saturated heterocycles. The molecule has 1 N–H and O–H groups in total. The summed E-state index contributed by atoms with van der Waals surface area (Å²) in [5.74, 6) is 2.21. The lowest BCUT2D eigenvalue weighted by Gasteiger charge is -2.14. The lowest BCUT2D eigenvalue weighted by Crippen LogP contribution is -2.26. The molecule has 0 spiro atoms. The van der Waals surface area contributed by atoms with Crippen LogP contribution in [-0.4, -0.2) is 23.2 Å². The number of nitrogens with zero attached hydrogens (tertiary/aromatic N) is 2. The highest BCUT2D eigenvalue weighted by Crippen LogP contribution is 2.21. The molecule has 6 nitrogen and oxygen atoms in total. The van der Waals surface area contributed by atoms with Crippen molar-refractivity contribution in [2.75, 3.05) is 7.11 Å². The van der Waals surface area contributed by atoms with Crippen LogP contribution in [0.4, 0.5) is 0 Å². The average Bonchev–Trinajstić information content (AvgIpc) is 3.21. The molecular formula is C23H27N3O3. The minimum Gasteiger partial charge on any atom is -0.497 e. The summed E-state index contributed by atoms with van der Waals surface area (Å²) in [6.07, 6.45) is 0.687. The predicted molar refractivity (Wildman–Crippen MR) is 112 cm³/mol. The topological polar surface area (TPSA) is 77.2 Å². The van der Waals surface area contributed by atoms with Gasteiger partial charge in [0.1, 0.15) is 5.75 Å². The lowest BCUT2D eigenvalue weighted by molar-refractivity contribution is -0.121. The number of hydrogen-bond donors (Lipinski definition) is 1. The number of aromatic nitrogens is 2. The summed E-state index contributed by atoms with van der Waals surface area (Å²) < 4.78 is 10.5. The van der Waals surface area contributed by atoms with Crippen molar-refractivity contribution in [2.24, 2.45) is 0 Å². The van der Waals surface area contributed by atoms with Gasteiger partial charge in [0.25, 0.3) is 0 Å². The van der Waals surface area contributed by atoms with Gasteiger partial charge in [-0.3, -0.25) is 4.79 Å². The number of ether oxygens (including phenoxy) is 1. The smallest absolute Gasteiger partial charge is 0.227 e. The van der Waals surface area contributed by atoms with Crippen molar-refractivity contribution >= 4 is 5.91 Å². The number of rotatable bonds is 8. The number of hydrogen-bond acceptors (Lipinski definition) is 5. The van der Waals surface area contributed by atoms with E-state index in [-0.39, 0.29) is 18.4 Å². The highest BCUT2D eigenvalue weighted by molar-refractivity contribution is 5.76. The minimum atomic E-state index is -0.0916. The fourth-order valence-electron chi connectivity index (χ4n) is 3.00. The summed E-state index contributed by atoms with van der Waals surface area (Å²) in [7, 11) is 1.63. The Morgan fingerprint density at radius 1 is 1.03 bits per heavy atom. The van der Waals surface area contributed by atoms with Gasteiger partial charge in [-0.25, -0.2) is 0 Å². The normalized spacial score (nSPS) is 12.0. The van der Waals surface area contributed by atoms with E-state index in [1.54, 1.807) is 7.11 Å². The largest absolute Gasteiger partial charge is 0.497 e. The molecule has 0 aliphatic carbocycles. The standard InChI is InChI=1S/C23H27N3O3/c1-15(2)17-5-7-19(8-6-17)23-25-22(29-26-23)14-13-21(27)24-16(3)18-9-11-20(28-4)12-10-18/h5-12,15-16H,13-14H2,1-4H3,(H,24,27)/t16-/m0/s1. The maximum Gasteiger partial charge on any atom is 0.227 e. The highest BCUT2D eigenvalue weighted by atomic mass is 16.5. The van der Waals surface area contributed by atoms with Gasteiger partial charge in [0.15, 0.2) is 0 Å². The van der Waals surface area contributed by atoms with Crippen molar-refractivity contribution in [1.82, 2.24) is 15.5 Å². The van der Waals surface area contributed by atoms with Gasteiger partial charge in [-0.15, -0.1) is 0 Å². The van der Waals surface area contributed by atoms with E-state index < -0.39 is 0 Å². The van der Waals surface area contributed by atoms with Gasteiger partial charge < -0.3 is 14.6 Å². The van der Waals surface area contributed by atoms with Crippen molar-refractivity contribution in [3.8, 4) is 17.1 Å². The van der Waals surface area contributed by atoms with Crippen LogP contribution in [0.15, 0.2) is 53.1 Å². The molecule has 3 aromatic rings. The number of methoxy groups -OCH3 is 1. The van der Waals surface area contributed by atoms with Crippen LogP contribution < -0.4 is 10.1 Å². The van der Waals surface area contributed by atoms with Gasteiger partial charge in [-0.2, -0.15) is 4.98 Å². The fourth-order valence-corrected chi connectivity index (χ4v) is 3.00. The SMILES string of the molecule is COc1ccc([C@H](C)NC(=O)CCc2nc(-c3ccc(C(C)C)cc3)no2)cc1. The zero-order chi connectivity index (χ0) is 20.8. The Hall–Kier alpha value is -3.15. The first kappa shape index (κ1) is 20.6. The zero-order valence-electron chi connectivity index (χ0n) is 17.3. The number of carbonyl (C=O) groups is 1. The van der Waals surface area contributed by atoms with Crippen LogP contribution in [0, 0.1) is 0 Å². The summed E-state index contributed by atoms with van der Waals surface area (Å²) in [6.45, 7) is 6.26. The third kappa shape index (κ3) is 5.44. The quantitative estimate of drug-likeness (QED) is 0.601. The summed E-state index contributed by atoms with van der Waals surface area (Å²) >= 11 is 0. The van der Waals surface area contributed by atoms with E-state index in [9.17, 15) is 4.79 Å². The van der Waals surface area contributed by atoms with Gasteiger partial charge in [0.05, 0.1) is 13.2 Å². The molecule has 1 atom stereocenters. The summed E-state index contributed by atoms with van der Waals surface area (Å²) in [5.41, 5.74) is 3.19. The molecule has 2 aromatic carbocycles. The zero-order valence-corrected chi connectivity index (χ0v) is 17.3. The Balaban J connectivity index is 1.52. The van der Waals surface area contributed by atoms with E-state index in [0.29, 0.717) is 24.1 Å². The van der Waals surface area contributed by atoms with Crippen molar-refractivity contribution in [2.45, 2.75) is 45.6 Å². The highest BCUT2D eigenvalue weighted by Gasteiger charge is 2.13. The van der Waals surface area contributed by atoms with Gasteiger partial charge in [-0.05, 0) is 36.1 Å². The van der Waals surface area contributed by atoms with Crippen LogP contribution in [0.25, 0.3) is 11.4 Å². The third-order valence-electron chi connectivity index (χ3n) is 4.86. The predicted octanol–water partition coefficient (Wildman–Crippen LogP) is 4.68. The second-order valence-corrected chi connectivity index (χ2v) is 7.35. The Bertz CT molecular complexity index is 931. The summed E-state index contributed by atoms with van der Waals surface area (Å²) in [4.78, 5) is 16.7. The van der Waals surface area contributed by atoms with Crippen LogP contribution in [-0.2, 0) is 11.2 Å². The van der Waals surface area contributed by atoms with Crippen molar-refractivity contribution in [3.05, 3.63) is 65.5 Å². The van der Waals surface area contributed by atoms with E-state index in [1.165, 1.54) is 5.56 Å². The number of carbonyl (C=O) groups excluding carboxylic acids is 1. The molecule has 1 aromatic heterocycles. The van der Waals surface area contributed by atoms with E-state index in [2.05, 4.69) is 41.4 Å².